The molecule has 2 aliphatic heterocycles. The Morgan fingerprint density at radius 1 is 0.375 bits per heavy atom. The molecular formula is C51H44N2O11. The van der Waals surface area contributed by atoms with Crippen molar-refractivity contribution in [3.8, 4) is 34.5 Å². The van der Waals surface area contributed by atoms with Crippen LogP contribution in [0, 0.1) is 0 Å². The number of ketones is 1. The lowest BCUT2D eigenvalue weighted by atomic mass is 9.75. The molecule has 13 nitrogen and oxygen atoms in total. The van der Waals surface area contributed by atoms with E-state index in [1.165, 1.54) is 66.9 Å². The molecule has 2 unspecified atom stereocenters. The molecule has 13 heteroatoms. The summed E-state index contributed by atoms with van der Waals surface area (Å²) in [6.07, 6.45) is 0. The number of fused-ring (bicyclic) bond motifs is 2. The zero-order chi connectivity index (χ0) is 45.2. The number of Topliss-reactive ketones (excluding diaryl/α,β-unsaturated/α-hetero) is 1. The van der Waals surface area contributed by atoms with Crippen LogP contribution in [0.25, 0.3) is 0 Å². The highest BCUT2D eigenvalue weighted by Gasteiger charge is 2.54. The van der Waals surface area contributed by atoms with E-state index in [0.717, 1.165) is 9.80 Å². The van der Waals surface area contributed by atoms with Crippen LogP contribution in [0.3, 0.4) is 0 Å². The number of hydrogen-bond donors (Lipinski definition) is 0. The summed E-state index contributed by atoms with van der Waals surface area (Å²) >= 11 is 0. The fourth-order valence-electron chi connectivity index (χ4n) is 8.81. The summed E-state index contributed by atoms with van der Waals surface area (Å²) < 4.78 is 33.7. The Balaban J connectivity index is 1.46. The van der Waals surface area contributed by atoms with Gasteiger partial charge >= 0.3 is 0 Å². The van der Waals surface area contributed by atoms with Gasteiger partial charge in [0.2, 0.25) is 0 Å². The molecule has 0 radical (unpaired) electrons. The van der Waals surface area contributed by atoms with E-state index in [2.05, 4.69) is 0 Å². The van der Waals surface area contributed by atoms with Crippen LogP contribution in [0.1, 0.15) is 75.5 Å². The number of imide groups is 2. The summed E-state index contributed by atoms with van der Waals surface area (Å²) in [5, 5.41) is 0. The van der Waals surface area contributed by atoms with E-state index in [1.54, 1.807) is 109 Å². The highest BCUT2D eigenvalue weighted by molar-refractivity contribution is 6.25. The lowest BCUT2D eigenvalue weighted by molar-refractivity contribution is -0.127. The molecule has 6 aromatic rings. The number of methoxy groups -OCH3 is 6. The maximum atomic E-state index is 16.8. The predicted molar refractivity (Wildman–Crippen MR) is 235 cm³/mol. The number of hydrogen-bond acceptors (Lipinski definition) is 11. The maximum Gasteiger partial charge on any atom is 0.262 e. The number of ether oxygens (including phenoxy) is 6. The van der Waals surface area contributed by atoms with E-state index in [9.17, 15) is 19.2 Å². The van der Waals surface area contributed by atoms with Crippen LogP contribution in [0.15, 0.2) is 133 Å². The summed E-state index contributed by atoms with van der Waals surface area (Å²) in [7, 11) is 8.96. The van der Waals surface area contributed by atoms with Crippen molar-refractivity contribution in [2.75, 3.05) is 42.7 Å². The summed E-state index contributed by atoms with van der Waals surface area (Å²) in [6.45, 7) is 0. The average Bonchev–Trinajstić information content (AvgIpc) is 3.74. The van der Waals surface area contributed by atoms with Crippen molar-refractivity contribution in [1.82, 2.24) is 9.80 Å². The monoisotopic (exact) mass is 860 g/mol. The number of rotatable bonds is 16. The first kappa shape index (κ1) is 42.7. The quantitative estimate of drug-likeness (QED) is 0.0887. The van der Waals surface area contributed by atoms with Crippen LogP contribution in [-0.2, 0) is 4.79 Å². The lowest BCUT2D eigenvalue weighted by Gasteiger charge is -2.40. The molecular weight excluding hydrogens is 817 g/mol. The van der Waals surface area contributed by atoms with Gasteiger partial charge in [-0.05, 0) is 95.1 Å². The van der Waals surface area contributed by atoms with Crippen molar-refractivity contribution in [2.24, 2.45) is 0 Å². The summed E-state index contributed by atoms with van der Waals surface area (Å²) in [6, 6.07) is 33.2. The van der Waals surface area contributed by atoms with Gasteiger partial charge in [-0.1, -0.05) is 60.7 Å². The van der Waals surface area contributed by atoms with Crippen molar-refractivity contribution in [3.63, 3.8) is 0 Å². The molecule has 6 aromatic carbocycles. The number of benzene rings is 6. The third-order valence-electron chi connectivity index (χ3n) is 11.9. The average molecular weight is 861 g/mol. The lowest BCUT2D eigenvalue weighted by Crippen LogP contribution is -2.58. The second-order valence-electron chi connectivity index (χ2n) is 15.1. The fraction of sp³-hybridized carbons (Fsp3) is 0.196. The number of carbonyl (C=O) groups is 5. The minimum absolute atomic E-state index is 0.0926. The van der Waals surface area contributed by atoms with Gasteiger partial charge in [0.1, 0.15) is 23.6 Å². The van der Waals surface area contributed by atoms with Gasteiger partial charge in [0, 0.05) is 11.8 Å². The molecule has 2 aliphatic rings. The molecule has 4 amide bonds. The van der Waals surface area contributed by atoms with Crippen LogP contribution in [0.2, 0.25) is 0 Å². The Morgan fingerprint density at radius 3 is 0.953 bits per heavy atom. The second kappa shape index (κ2) is 17.8. The van der Waals surface area contributed by atoms with Gasteiger partial charge < -0.3 is 28.4 Å². The predicted octanol–water partition coefficient (Wildman–Crippen LogP) is 7.60. The van der Waals surface area contributed by atoms with Crippen molar-refractivity contribution in [1.29, 1.82) is 0 Å². The van der Waals surface area contributed by atoms with Gasteiger partial charge in [-0.25, -0.2) is 0 Å². The van der Waals surface area contributed by atoms with Gasteiger partial charge in [-0.3, -0.25) is 33.8 Å². The summed E-state index contributed by atoms with van der Waals surface area (Å²) in [4.78, 5) is 78.5. The van der Waals surface area contributed by atoms with E-state index < -0.39 is 53.3 Å². The first-order chi connectivity index (χ1) is 31.1. The number of amides is 4. The Morgan fingerprint density at radius 2 is 0.672 bits per heavy atom. The normalized spacial score (nSPS) is 14.9. The van der Waals surface area contributed by atoms with Gasteiger partial charge in [-0.2, -0.15) is 0 Å². The van der Waals surface area contributed by atoms with Crippen molar-refractivity contribution in [2.45, 2.75) is 23.9 Å². The molecule has 0 N–H and O–H groups in total. The molecule has 4 atom stereocenters. The maximum absolute atomic E-state index is 16.8. The standard InChI is InChI=1S/C51H44N2O11/c1-59-33-21-15-29(16-22-33)43(31-19-25-39(61-3)41(27-31)63-5)45(52-48(55)35-11-7-8-12-36(35)49(52)56)47(54)46(53-50(57)37-13-9-10-14-38(37)51(53)58)44(30-17-23-34(60-2)24-18-30)32-20-26-40(62-4)42(28-32)64-6/h7-28,43-46H,1-6H3/t43?,44?,45-,46-/m0/s1. The minimum atomic E-state index is -1.71. The molecule has 0 saturated heterocycles. The molecule has 0 aliphatic carbocycles. The van der Waals surface area contributed by atoms with Gasteiger partial charge in [-0.15, -0.1) is 0 Å². The molecule has 64 heavy (non-hydrogen) atoms. The van der Waals surface area contributed by atoms with E-state index in [1.807, 2.05) is 0 Å². The van der Waals surface area contributed by atoms with E-state index >= 15 is 4.79 Å². The van der Waals surface area contributed by atoms with E-state index in [4.69, 9.17) is 28.4 Å². The first-order valence-corrected chi connectivity index (χ1v) is 20.3. The SMILES string of the molecule is COc1ccc(C(c2ccc(OC)c(OC)c2)[C@@H](C(=O)[C@H](C(c2ccc(OC)cc2)c2ccc(OC)c(OC)c2)N2C(=O)c3ccccc3C2=O)N2C(=O)c3ccccc3C2=O)cc1. The minimum Gasteiger partial charge on any atom is -0.497 e. The highest BCUT2D eigenvalue weighted by Crippen LogP contribution is 2.45. The zero-order valence-electron chi connectivity index (χ0n) is 35.9. The first-order valence-electron chi connectivity index (χ1n) is 20.3. The third kappa shape index (κ3) is 7.34. The second-order valence-corrected chi connectivity index (χ2v) is 15.1. The fourth-order valence-corrected chi connectivity index (χ4v) is 8.81. The number of nitrogens with zero attached hydrogens (tertiary/aromatic N) is 2. The Kier molecular flexibility index (Phi) is 11.9. The third-order valence-corrected chi connectivity index (χ3v) is 11.9. The van der Waals surface area contributed by atoms with Gasteiger partial charge in [0.05, 0.1) is 64.9 Å². The molecule has 324 valence electrons. The Bertz CT molecular complexity index is 2530. The largest absolute Gasteiger partial charge is 0.497 e. The van der Waals surface area contributed by atoms with Gasteiger partial charge in [0.25, 0.3) is 23.6 Å². The summed E-state index contributed by atoms with van der Waals surface area (Å²) in [5.74, 6) is -3.58. The molecule has 0 saturated carbocycles. The van der Waals surface area contributed by atoms with Gasteiger partial charge in [0.15, 0.2) is 28.8 Å². The molecule has 0 bridgehead atoms. The smallest absolute Gasteiger partial charge is 0.262 e. The zero-order valence-corrected chi connectivity index (χ0v) is 35.9. The number of carbonyl (C=O) groups excluding carboxylic acids is 5. The topological polar surface area (TPSA) is 147 Å². The highest BCUT2D eigenvalue weighted by atomic mass is 16.5. The molecule has 8 rings (SSSR count). The van der Waals surface area contributed by atoms with Crippen LogP contribution < -0.4 is 28.4 Å². The van der Waals surface area contributed by atoms with Crippen LogP contribution >= 0.6 is 0 Å². The molecule has 2 heterocycles. The molecule has 0 spiro atoms. The van der Waals surface area contributed by atoms with Crippen molar-refractivity contribution < 1.29 is 52.4 Å². The Hall–Kier alpha value is -7.93. The van der Waals surface area contributed by atoms with Crippen molar-refractivity contribution in [3.05, 3.63) is 178 Å². The van der Waals surface area contributed by atoms with Crippen molar-refractivity contribution >= 4 is 29.4 Å². The van der Waals surface area contributed by atoms with Crippen LogP contribution in [-0.4, -0.2) is 94.0 Å². The van der Waals surface area contributed by atoms with E-state index in [-0.39, 0.29) is 22.3 Å². The molecule has 0 fully saturated rings. The van der Waals surface area contributed by atoms with Crippen LogP contribution in [0.4, 0.5) is 0 Å². The van der Waals surface area contributed by atoms with Crippen LogP contribution in [0.5, 0.6) is 34.5 Å². The van der Waals surface area contributed by atoms with E-state index in [0.29, 0.717) is 56.8 Å². The Labute approximate surface area is 369 Å². The summed E-state index contributed by atoms with van der Waals surface area (Å²) in [5.41, 5.74) is 2.26. The molecule has 0 aromatic heterocycles.